The molecule has 2 aliphatic rings. The average molecular weight is 744 g/mol. The maximum Gasteiger partial charge on any atom is 0.255 e. The van der Waals surface area contributed by atoms with E-state index in [0.717, 1.165) is 54.9 Å². The normalized spacial score (nSPS) is 19.0. The first-order valence-electron chi connectivity index (χ1n) is 17.2. The molecule has 4 aromatic carbocycles. The van der Waals surface area contributed by atoms with Crippen LogP contribution in [0.2, 0.25) is 0 Å². The summed E-state index contributed by atoms with van der Waals surface area (Å²) in [6.45, 7) is 6.18. The van der Waals surface area contributed by atoms with Gasteiger partial charge >= 0.3 is 0 Å². The second-order valence-corrected chi connectivity index (χ2v) is 15.0. The third kappa shape index (κ3) is 8.16. The van der Waals surface area contributed by atoms with Gasteiger partial charge in [0.05, 0.1) is 24.7 Å². The molecule has 276 valence electrons. The smallest absolute Gasteiger partial charge is 0.255 e. The number of amides is 1. The molecular formula is C38H39F2N7O5S. The van der Waals surface area contributed by atoms with E-state index in [-0.39, 0.29) is 28.8 Å². The molecule has 0 unspecified atom stereocenters. The molecular weight excluding hydrogens is 705 g/mol. The van der Waals surface area contributed by atoms with Gasteiger partial charge in [0.25, 0.3) is 5.91 Å². The van der Waals surface area contributed by atoms with Crippen LogP contribution in [0.5, 0.6) is 5.75 Å². The number of carbonyl (C=O) groups excluding carboxylic acids is 1. The molecule has 1 amide bonds. The van der Waals surface area contributed by atoms with E-state index in [1.807, 2.05) is 25.1 Å². The van der Waals surface area contributed by atoms with Crippen LogP contribution in [-0.4, -0.2) is 68.5 Å². The van der Waals surface area contributed by atoms with Crippen molar-refractivity contribution in [2.24, 2.45) is 11.1 Å². The number of benzene rings is 4. The van der Waals surface area contributed by atoms with E-state index < -0.39 is 27.3 Å². The summed E-state index contributed by atoms with van der Waals surface area (Å²) in [6, 6.07) is 22.8. The number of nitrogens with one attached hydrogen (secondary N) is 1. The molecule has 3 N–H and O–H groups in total. The van der Waals surface area contributed by atoms with Crippen LogP contribution in [0.4, 0.5) is 25.8 Å². The van der Waals surface area contributed by atoms with Crippen molar-refractivity contribution in [3.63, 3.8) is 0 Å². The van der Waals surface area contributed by atoms with Gasteiger partial charge < -0.3 is 24.6 Å². The van der Waals surface area contributed by atoms with Gasteiger partial charge in [0.15, 0.2) is 0 Å². The molecule has 2 fully saturated rings. The number of nitrogens with two attached hydrogens (primary N) is 1. The van der Waals surface area contributed by atoms with E-state index in [4.69, 9.17) is 14.6 Å². The second-order valence-electron chi connectivity index (χ2n) is 13.4. The number of sulfonamides is 1. The second kappa shape index (κ2) is 14.9. The number of nitrogens with zero attached hydrogens (tertiary/aromatic N) is 5. The van der Waals surface area contributed by atoms with E-state index >= 15 is 4.39 Å². The molecule has 0 aliphatic carbocycles. The van der Waals surface area contributed by atoms with Crippen molar-refractivity contribution in [3.05, 3.63) is 126 Å². The van der Waals surface area contributed by atoms with Gasteiger partial charge in [-0.15, -0.1) is 0 Å². The lowest BCUT2D eigenvalue weighted by molar-refractivity contribution is -0.0206. The van der Waals surface area contributed by atoms with Crippen molar-refractivity contribution in [2.75, 3.05) is 54.5 Å². The summed E-state index contributed by atoms with van der Waals surface area (Å²) in [5, 5.41) is 12.1. The van der Waals surface area contributed by atoms with Crippen LogP contribution < -0.4 is 25.0 Å². The third-order valence-electron chi connectivity index (χ3n) is 9.73. The number of anilines is 3. The van der Waals surface area contributed by atoms with Gasteiger partial charge in [0.2, 0.25) is 10.0 Å². The summed E-state index contributed by atoms with van der Waals surface area (Å²) in [7, 11) is -3.81. The van der Waals surface area contributed by atoms with Crippen LogP contribution in [0.1, 0.15) is 27.9 Å². The van der Waals surface area contributed by atoms with Gasteiger partial charge in [-0.25, -0.2) is 32.0 Å². The Bertz CT molecular complexity index is 2180. The van der Waals surface area contributed by atoms with Crippen LogP contribution >= 0.6 is 0 Å². The number of primary sulfonamides is 1. The standard InChI is InChI=1S/C38H39F2N7O5S/c1-26-18-32(9-13-36(26)51-21-27-20-38(52-22-27,23-47-25-42-24-43-47)34-12-4-29(39)19-35(34)40)46-16-14-45(15-17-46)31-7-2-28(3-8-31)37(48)44-30-5-10-33(11-6-30)53(41,49)50/h2-13,18-19,24-25,27H,14-17,20-23H2,1H3,(H,44,48)(H2,41,49,50)/t27-,38+/m1/s1. The lowest BCUT2D eigenvalue weighted by atomic mass is 9.87. The Hall–Kier alpha value is -5.38. The predicted molar refractivity (Wildman–Crippen MR) is 195 cm³/mol. The first-order valence-corrected chi connectivity index (χ1v) is 18.7. The molecule has 2 saturated heterocycles. The number of carbonyl (C=O) groups is 1. The fourth-order valence-electron chi connectivity index (χ4n) is 6.96. The van der Waals surface area contributed by atoms with Crippen LogP contribution in [0.25, 0.3) is 0 Å². The van der Waals surface area contributed by atoms with Gasteiger partial charge in [-0.05, 0) is 91.7 Å². The lowest BCUT2D eigenvalue weighted by Crippen LogP contribution is -2.46. The molecule has 3 heterocycles. The summed E-state index contributed by atoms with van der Waals surface area (Å²) in [6.07, 6.45) is 3.42. The molecule has 0 spiro atoms. The Balaban J connectivity index is 0.916. The zero-order valence-electron chi connectivity index (χ0n) is 29.0. The van der Waals surface area contributed by atoms with Crippen LogP contribution in [0, 0.1) is 24.5 Å². The molecule has 2 atom stereocenters. The van der Waals surface area contributed by atoms with Crippen molar-refractivity contribution in [1.82, 2.24) is 14.8 Å². The highest BCUT2D eigenvalue weighted by Gasteiger charge is 2.44. The first kappa shape index (κ1) is 36.0. The number of ether oxygens (including phenoxy) is 2. The van der Waals surface area contributed by atoms with Gasteiger partial charge in [0.1, 0.15) is 35.6 Å². The van der Waals surface area contributed by atoms with E-state index in [0.29, 0.717) is 30.9 Å². The van der Waals surface area contributed by atoms with E-state index in [9.17, 15) is 17.6 Å². The number of hydrogen-bond donors (Lipinski definition) is 2. The van der Waals surface area contributed by atoms with E-state index in [1.54, 1.807) is 23.1 Å². The van der Waals surface area contributed by atoms with Gasteiger partial charge in [-0.1, -0.05) is 6.07 Å². The number of piperazine rings is 1. The molecule has 1 aromatic heterocycles. The average Bonchev–Trinajstić information content (AvgIpc) is 3.81. The number of hydrogen-bond acceptors (Lipinski definition) is 9. The van der Waals surface area contributed by atoms with Gasteiger partial charge in [-0.3, -0.25) is 4.79 Å². The Labute approximate surface area is 306 Å². The fourth-order valence-corrected chi connectivity index (χ4v) is 7.48. The minimum atomic E-state index is -3.81. The zero-order valence-corrected chi connectivity index (χ0v) is 29.8. The maximum atomic E-state index is 15.0. The van der Waals surface area contributed by atoms with Crippen molar-refractivity contribution in [3.8, 4) is 5.75 Å². The number of halogens is 2. The molecule has 7 rings (SSSR count). The molecule has 0 bridgehead atoms. The van der Waals surface area contributed by atoms with Gasteiger partial charge in [-0.2, -0.15) is 5.10 Å². The van der Waals surface area contributed by atoms with Crippen LogP contribution in [-0.2, 0) is 26.9 Å². The summed E-state index contributed by atoms with van der Waals surface area (Å²) < 4.78 is 65.9. The molecule has 0 radical (unpaired) electrons. The van der Waals surface area contributed by atoms with Crippen molar-refractivity contribution < 1.29 is 31.5 Å². The Morgan fingerprint density at radius 3 is 2.30 bits per heavy atom. The molecule has 2 aliphatic heterocycles. The SMILES string of the molecule is Cc1cc(N2CCN(c3ccc(C(=O)Nc4ccc(S(N)(=O)=O)cc4)cc3)CC2)ccc1OC[C@@H]1CO[C@@](Cn2cncn2)(c2ccc(F)cc2F)C1. The summed E-state index contributed by atoms with van der Waals surface area (Å²) in [4.78, 5) is 21.4. The Kier molecular flexibility index (Phi) is 10.1. The van der Waals surface area contributed by atoms with Gasteiger partial charge in [0, 0.05) is 66.4 Å². The number of rotatable bonds is 11. The summed E-state index contributed by atoms with van der Waals surface area (Å²) in [5.41, 5.74) is 3.30. The molecule has 0 saturated carbocycles. The molecule has 5 aromatic rings. The van der Waals surface area contributed by atoms with Crippen molar-refractivity contribution in [1.29, 1.82) is 0 Å². The molecule has 53 heavy (non-hydrogen) atoms. The summed E-state index contributed by atoms with van der Waals surface area (Å²) in [5.74, 6) is -0.879. The van der Waals surface area contributed by atoms with Crippen molar-refractivity contribution in [2.45, 2.75) is 30.4 Å². The number of aromatic nitrogens is 3. The Morgan fingerprint density at radius 2 is 1.66 bits per heavy atom. The molecule has 12 nitrogen and oxygen atoms in total. The highest BCUT2D eigenvalue weighted by Crippen LogP contribution is 2.42. The number of aryl methyl sites for hydroxylation is 1. The van der Waals surface area contributed by atoms with Crippen LogP contribution in [0.3, 0.4) is 0 Å². The van der Waals surface area contributed by atoms with E-state index in [1.165, 1.54) is 42.7 Å². The largest absolute Gasteiger partial charge is 0.493 e. The minimum Gasteiger partial charge on any atom is -0.493 e. The summed E-state index contributed by atoms with van der Waals surface area (Å²) >= 11 is 0. The highest BCUT2D eigenvalue weighted by atomic mass is 32.2. The lowest BCUT2D eigenvalue weighted by Gasteiger charge is -2.37. The molecule has 15 heteroatoms. The minimum absolute atomic E-state index is 0.0267. The van der Waals surface area contributed by atoms with E-state index in [2.05, 4.69) is 37.3 Å². The maximum absolute atomic E-state index is 15.0. The van der Waals surface area contributed by atoms with Crippen molar-refractivity contribution >= 4 is 33.0 Å². The Morgan fingerprint density at radius 1 is 0.962 bits per heavy atom. The monoisotopic (exact) mass is 743 g/mol. The fraction of sp³-hybridized carbons (Fsp3) is 0.289. The predicted octanol–water partition coefficient (Wildman–Crippen LogP) is 5.10. The first-order chi connectivity index (χ1) is 25.5. The van der Waals surface area contributed by atoms with Crippen LogP contribution in [0.15, 0.2) is 102 Å². The zero-order chi connectivity index (χ0) is 37.2. The quantitative estimate of drug-likeness (QED) is 0.189. The topological polar surface area (TPSA) is 145 Å². The highest BCUT2D eigenvalue weighted by molar-refractivity contribution is 7.89. The third-order valence-corrected chi connectivity index (χ3v) is 10.7.